The first-order valence-corrected chi connectivity index (χ1v) is 14.6. The first-order chi connectivity index (χ1) is 20.6. The summed E-state index contributed by atoms with van der Waals surface area (Å²) in [6.45, 7) is 17.3. The molecule has 2 aliphatic rings. The van der Waals surface area contributed by atoms with Crippen molar-refractivity contribution in [3.63, 3.8) is 0 Å². The van der Waals surface area contributed by atoms with Gasteiger partial charge in [-0.3, -0.25) is 33.6 Å². The van der Waals surface area contributed by atoms with Gasteiger partial charge in [-0.15, -0.1) is 0 Å². The van der Waals surface area contributed by atoms with E-state index >= 15 is 0 Å². The van der Waals surface area contributed by atoms with Crippen molar-refractivity contribution >= 4 is 41.6 Å². The Kier molecular flexibility index (Phi) is 11.9. The van der Waals surface area contributed by atoms with Gasteiger partial charge in [-0.2, -0.15) is 0 Å². The van der Waals surface area contributed by atoms with E-state index in [9.17, 15) is 33.6 Å². The number of hydrogen-bond acceptors (Lipinski definition) is 13. The van der Waals surface area contributed by atoms with Crippen LogP contribution in [-0.2, 0) is 62.0 Å². The minimum atomic E-state index is -2.02. The second kappa shape index (κ2) is 14.4. The van der Waals surface area contributed by atoms with Crippen LogP contribution in [-0.4, -0.2) is 77.7 Å². The lowest BCUT2D eigenvalue weighted by Gasteiger charge is -2.44. The average molecular weight is 637 g/mol. The second-order valence-corrected chi connectivity index (χ2v) is 12.3. The lowest BCUT2D eigenvalue weighted by atomic mass is 9.72. The largest absolute Gasteiger partial charge is 0.462 e. The Morgan fingerprint density at radius 2 is 1.18 bits per heavy atom. The van der Waals surface area contributed by atoms with E-state index in [0.29, 0.717) is 0 Å². The quantitative estimate of drug-likeness (QED) is 0.237. The van der Waals surface area contributed by atoms with E-state index in [2.05, 4.69) is 6.58 Å². The van der Waals surface area contributed by atoms with Crippen molar-refractivity contribution < 1.29 is 62.0 Å². The third kappa shape index (κ3) is 8.58. The fraction of sp³-hybridized carbons (Fsp3) is 0.656. The molecule has 0 amide bonds. The Hall–Kier alpha value is -4.03. The molecule has 1 saturated carbocycles. The van der Waals surface area contributed by atoms with E-state index < -0.39 is 101 Å². The van der Waals surface area contributed by atoms with Crippen LogP contribution < -0.4 is 0 Å². The molecule has 45 heavy (non-hydrogen) atoms. The van der Waals surface area contributed by atoms with Crippen molar-refractivity contribution in [1.29, 1.82) is 0 Å². The van der Waals surface area contributed by atoms with E-state index in [4.69, 9.17) is 28.4 Å². The molecule has 250 valence electrons. The zero-order valence-corrected chi connectivity index (χ0v) is 27.5. The van der Waals surface area contributed by atoms with Gasteiger partial charge in [-0.25, -0.2) is 0 Å². The summed E-state index contributed by atoms with van der Waals surface area (Å²) >= 11 is 0. The topological polar surface area (TPSA) is 175 Å². The normalized spacial score (nSPS) is 33.6. The number of rotatable bonds is 6. The fourth-order valence-corrected chi connectivity index (χ4v) is 6.34. The molecule has 1 fully saturated rings. The Morgan fingerprint density at radius 1 is 0.711 bits per heavy atom. The third-order valence-electron chi connectivity index (χ3n) is 7.92. The van der Waals surface area contributed by atoms with E-state index in [-0.39, 0.29) is 12.0 Å². The zero-order valence-electron chi connectivity index (χ0n) is 27.5. The first-order valence-electron chi connectivity index (χ1n) is 14.6. The highest BCUT2D eigenvalue weighted by atomic mass is 16.6. The Bertz CT molecular complexity index is 1260. The number of hydrogen-bond donors (Lipinski definition) is 0. The lowest BCUT2D eigenvalue weighted by molar-refractivity contribution is -0.193. The molecule has 0 aromatic carbocycles. The summed E-state index contributed by atoms with van der Waals surface area (Å²) in [6.07, 6.45) is -4.35. The van der Waals surface area contributed by atoms with Gasteiger partial charge in [0.25, 0.3) is 0 Å². The molecule has 13 nitrogen and oxygen atoms in total. The highest BCUT2D eigenvalue weighted by Gasteiger charge is 2.65. The number of allylic oxidation sites excluding steroid dienone is 1. The van der Waals surface area contributed by atoms with Crippen molar-refractivity contribution in [2.45, 2.75) is 112 Å². The SMILES string of the molecule is C=C1[C@@H](OC(C)=O)[C@H]2[C@@H](OC(C)=O)[C@@H](C)C[C@]2(OC(C)=O)C(=O)[C@H](C)/C=C/C(C)(C)[C@H](OC(C)=O)[C@@H](OC(C)=O)[C@H]1OC(C)=O. The van der Waals surface area contributed by atoms with Crippen molar-refractivity contribution in [1.82, 2.24) is 0 Å². The van der Waals surface area contributed by atoms with Crippen LogP contribution in [0.25, 0.3) is 0 Å². The number of carbonyl (C=O) groups is 7. The van der Waals surface area contributed by atoms with E-state index in [1.54, 1.807) is 33.8 Å². The Balaban J connectivity index is 3.14. The summed E-state index contributed by atoms with van der Waals surface area (Å²) in [4.78, 5) is 89.6. The molecular formula is C32H44O13. The molecule has 0 heterocycles. The van der Waals surface area contributed by atoms with Gasteiger partial charge >= 0.3 is 35.8 Å². The smallest absolute Gasteiger partial charge is 0.303 e. The van der Waals surface area contributed by atoms with Crippen LogP contribution in [0.4, 0.5) is 0 Å². The maximum absolute atomic E-state index is 14.5. The Labute approximate surface area is 262 Å². The van der Waals surface area contributed by atoms with Gasteiger partial charge in [0.1, 0.15) is 12.2 Å². The first kappa shape index (κ1) is 37.2. The van der Waals surface area contributed by atoms with Crippen LogP contribution in [0.15, 0.2) is 24.3 Å². The molecule has 0 unspecified atom stereocenters. The summed E-state index contributed by atoms with van der Waals surface area (Å²) in [7, 11) is 0. The molecule has 2 rings (SSSR count). The molecule has 0 saturated heterocycles. The molecule has 2 aliphatic carbocycles. The number of fused-ring (bicyclic) bond motifs is 1. The molecule has 0 aromatic rings. The van der Waals surface area contributed by atoms with Gasteiger partial charge in [-0.05, 0) is 5.92 Å². The van der Waals surface area contributed by atoms with Gasteiger partial charge in [-0.1, -0.05) is 46.4 Å². The van der Waals surface area contributed by atoms with Crippen LogP contribution >= 0.6 is 0 Å². The summed E-state index contributed by atoms with van der Waals surface area (Å²) in [6, 6.07) is 0. The molecule has 0 N–H and O–H groups in total. The number of Topliss-reactive ketones (excluding diaryl/α,β-unsaturated/α-hetero) is 1. The van der Waals surface area contributed by atoms with Crippen LogP contribution in [0.5, 0.6) is 0 Å². The molecule has 9 atom stereocenters. The van der Waals surface area contributed by atoms with Gasteiger partial charge in [0.15, 0.2) is 29.7 Å². The molecule has 0 radical (unpaired) electrons. The maximum Gasteiger partial charge on any atom is 0.303 e. The highest BCUT2D eigenvalue weighted by molar-refractivity contribution is 5.93. The molecule has 0 spiro atoms. The monoisotopic (exact) mass is 636 g/mol. The van der Waals surface area contributed by atoms with E-state index in [1.165, 1.54) is 6.08 Å². The summed E-state index contributed by atoms with van der Waals surface area (Å²) < 4.78 is 34.3. The molecule has 13 heteroatoms. The van der Waals surface area contributed by atoms with Crippen molar-refractivity contribution in [2.24, 2.45) is 23.2 Å². The highest BCUT2D eigenvalue weighted by Crippen LogP contribution is 2.51. The fourth-order valence-electron chi connectivity index (χ4n) is 6.34. The van der Waals surface area contributed by atoms with E-state index in [1.807, 2.05) is 0 Å². The molecule has 0 aromatic heterocycles. The number of carbonyl (C=O) groups excluding carboxylic acids is 7. The van der Waals surface area contributed by atoms with Crippen LogP contribution in [0.1, 0.15) is 75.7 Å². The lowest BCUT2D eigenvalue weighted by Crippen LogP contribution is -2.59. The minimum Gasteiger partial charge on any atom is -0.462 e. The molecule has 0 aliphatic heterocycles. The summed E-state index contributed by atoms with van der Waals surface area (Å²) in [5.74, 6) is -8.43. The van der Waals surface area contributed by atoms with E-state index in [0.717, 1.165) is 41.5 Å². The van der Waals surface area contributed by atoms with Crippen LogP contribution in [0.3, 0.4) is 0 Å². The number of ether oxygens (including phenoxy) is 6. The van der Waals surface area contributed by atoms with Crippen molar-refractivity contribution in [3.05, 3.63) is 24.3 Å². The summed E-state index contributed by atoms with van der Waals surface area (Å²) in [5, 5.41) is 0. The molecular weight excluding hydrogens is 592 g/mol. The third-order valence-corrected chi connectivity index (χ3v) is 7.92. The van der Waals surface area contributed by atoms with Crippen molar-refractivity contribution in [3.8, 4) is 0 Å². The standard InChI is InChI=1S/C32H44O13/c1-15-12-13-31(10,11)30(44-22(8)37)28(43-21(7)36)27(42-20(6)35)17(3)26(41-19(5)34)24-25(40-18(4)33)16(2)14-32(24,29(15)39)45-23(9)38/h12-13,15-16,24-28,30H,3,14H2,1-2,4-11H3/b13-12+/t15-,16+,24-,25+,26-,27+,28+,30-,32-/m1/s1. The average Bonchev–Trinajstić information content (AvgIpc) is 3.14. The second-order valence-electron chi connectivity index (χ2n) is 12.3. The molecule has 0 bridgehead atoms. The van der Waals surface area contributed by atoms with Gasteiger partial charge in [0.05, 0.1) is 5.92 Å². The van der Waals surface area contributed by atoms with Gasteiger partial charge < -0.3 is 28.4 Å². The maximum atomic E-state index is 14.5. The van der Waals surface area contributed by atoms with Crippen LogP contribution in [0, 0.1) is 23.2 Å². The predicted octanol–water partition coefficient (Wildman–Crippen LogP) is 2.96. The zero-order chi connectivity index (χ0) is 34.6. The van der Waals surface area contributed by atoms with Crippen molar-refractivity contribution in [2.75, 3.05) is 0 Å². The number of ketones is 1. The van der Waals surface area contributed by atoms with Crippen LogP contribution in [0.2, 0.25) is 0 Å². The van der Waals surface area contributed by atoms with Gasteiger partial charge in [0, 0.05) is 64.9 Å². The Morgan fingerprint density at radius 3 is 1.64 bits per heavy atom. The predicted molar refractivity (Wildman–Crippen MR) is 156 cm³/mol. The minimum absolute atomic E-state index is 0.123. The number of esters is 6. The van der Waals surface area contributed by atoms with Gasteiger partial charge in [0.2, 0.25) is 0 Å². The summed E-state index contributed by atoms with van der Waals surface area (Å²) in [5.41, 5.74) is -3.42.